The van der Waals surface area contributed by atoms with Crippen LogP contribution in [0.5, 0.6) is 0 Å². The molecule has 0 bridgehead atoms. The molecular formula is C18H28NNa6O18S2-. The maximum absolute atomic E-state index is 10.9. The van der Waals surface area contributed by atoms with Gasteiger partial charge in [-0.2, -0.15) is 13.2 Å². The molecule has 0 aromatic carbocycles. The zero-order valence-corrected chi connectivity index (χ0v) is 39.6. The summed E-state index contributed by atoms with van der Waals surface area (Å²) in [7, 11) is -10.1. The Morgan fingerprint density at radius 2 is 1.33 bits per heavy atom. The van der Waals surface area contributed by atoms with Crippen LogP contribution in [-0.4, -0.2) is 132 Å². The molecule has 3 saturated heterocycles. The van der Waals surface area contributed by atoms with Crippen molar-refractivity contribution in [1.82, 2.24) is 0 Å². The SMILES string of the molecule is CCO[C@H]1[CH-][C@H](O)[C@H](O[C@@H]2OC(COS(=O)(=O)[O-])[C@@H](O[C@H]3[CH-][C@H](O)[C@H](O)[CH-]O3)[C@H](O)C2[NH-])[CH-]O1.O=S(=O)([O-])O.[Na+].[Na+].[Na+].[Na+].[Na+].[Na+]. The number of hydrogen-bond donors (Lipinski definition) is 5. The molecule has 3 rings (SSSR count). The molecule has 3 aliphatic heterocycles. The first-order chi connectivity index (χ1) is 18.0. The van der Waals surface area contributed by atoms with Crippen LogP contribution in [0, 0.1) is 26.1 Å². The van der Waals surface area contributed by atoms with E-state index in [9.17, 15) is 33.4 Å². The summed E-state index contributed by atoms with van der Waals surface area (Å²) in [6, 6.07) is -1.54. The quantitative estimate of drug-likeness (QED) is 0.0633. The molecule has 45 heavy (non-hydrogen) atoms. The number of nitrogens with one attached hydrogen (secondary N) is 1. The number of hydrogen-bond acceptors (Lipinski definition) is 17. The molecule has 3 aliphatic rings. The van der Waals surface area contributed by atoms with Crippen molar-refractivity contribution in [3.8, 4) is 0 Å². The van der Waals surface area contributed by atoms with Crippen LogP contribution in [0.4, 0.5) is 0 Å². The van der Waals surface area contributed by atoms with Crippen LogP contribution >= 0.6 is 0 Å². The second-order valence-corrected chi connectivity index (χ2v) is 9.88. The van der Waals surface area contributed by atoms with E-state index in [1.54, 1.807) is 6.92 Å². The molecule has 11 atom stereocenters. The van der Waals surface area contributed by atoms with E-state index in [0.717, 1.165) is 19.6 Å². The van der Waals surface area contributed by atoms with Crippen LogP contribution < -0.4 is 177 Å². The summed E-state index contributed by atoms with van der Waals surface area (Å²) in [5.41, 5.74) is 8.27. The number of aliphatic hydroxyl groups is 4. The van der Waals surface area contributed by atoms with E-state index in [1.807, 2.05) is 0 Å². The van der Waals surface area contributed by atoms with Gasteiger partial charge in [0.05, 0.1) is 12.7 Å². The first kappa shape index (κ1) is 59.6. The van der Waals surface area contributed by atoms with Crippen LogP contribution in [0.2, 0.25) is 0 Å². The molecule has 27 heteroatoms. The first-order valence-corrected chi connectivity index (χ1v) is 13.7. The molecule has 0 amide bonds. The molecule has 6 N–H and O–H groups in total. The number of ether oxygens (including phenoxy) is 6. The van der Waals surface area contributed by atoms with Gasteiger partial charge in [-0.25, -0.2) is 29.7 Å². The predicted molar refractivity (Wildman–Crippen MR) is 117 cm³/mol. The third-order valence-corrected chi connectivity index (χ3v) is 5.48. The Morgan fingerprint density at radius 1 is 0.822 bits per heavy atom. The van der Waals surface area contributed by atoms with E-state index in [-0.39, 0.29) is 177 Å². The van der Waals surface area contributed by atoms with E-state index in [1.165, 1.54) is 6.42 Å². The molecule has 0 saturated carbocycles. The van der Waals surface area contributed by atoms with Gasteiger partial charge >= 0.3 is 177 Å². The van der Waals surface area contributed by atoms with Gasteiger partial charge in [0.15, 0.2) is 0 Å². The Kier molecular flexibility index (Phi) is 38.0. The summed E-state index contributed by atoms with van der Waals surface area (Å²) < 4.78 is 102. The van der Waals surface area contributed by atoms with E-state index in [0.29, 0.717) is 6.61 Å². The van der Waals surface area contributed by atoms with Crippen molar-refractivity contribution < 1.29 is 261 Å². The molecule has 2 unspecified atom stereocenters. The third kappa shape index (κ3) is 23.6. The largest absolute Gasteiger partial charge is 1.00 e. The van der Waals surface area contributed by atoms with E-state index in [2.05, 4.69) is 4.18 Å². The van der Waals surface area contributed by atoms with Gasteiger partial charge in [-0.15, -0.1) is 0 Å². The molecule has 3 fully saturated rings. The Balaban J connectivity index is -0.000000450. The fraction of sp³-hybridized carbons (Fsp3) is 0.778. The standard InChI is InChI=1S/C18H28NO14S.6Na.H2O4S/c1-2-27-13-4-9(21)11(6-29-13)31-18-15(19)16(23)17(12(32-18)7-30-34(24,25)26)33-14-3-8(20)10(22)5-28-14;;;;;;;1-5(2,3)4/h3-6,8-23H,2,7H2,1H3,(H,24,25,26);;;;;;;(H2,1,2,3,4)/q-5;6*+1;/p-2/t8-,9-,10+,11+,12?,13+,14-,15?,16+,17+,18+;;;;;;;/m0......./s1. The molecule has 0 aromatic rings. The van der Waals surface area contributed by atoms with Gasteiger partial charge in [0.1, 0.15) is 18.5 Å². The second kappa shape index (κ2) is 28.7. The minimum absolute atomic E-state index is 0. The zero-order chi connectivity index (χ0) is 29.5. The van der Waals surface area contributed by atoms with Crippen molar-refractivity contribution in [3.63, 3.8) is 0 Å². The van der Waals surface area contributed by atoms with Crippen LogP contribution in [-0.2, 0) is 53.4 Å². The summed E-state index contributed by atoms with van der Waals surface area (Å²) >= 11 is 0. The predicted octanol–water partition coefficient (Wildman–Crippen LogP) is -21.7. The van der Waals surface area contributed by atoms with Gasteiger partial charge in [0, 0.05) is 19.2 Å². The molecular weight excluding hydrogens is 720 g/mol. The monoisotopic (exact) mass is 748 g/mol. The van der Waals surface area contributed by atoms with Gasteiger partial charge in [0.2, 0.25) is 20.8 Å². The Labute approximate surface area is 394 Å². The van der Waals surface area contributed by atoms with Crippen LogP contribution in [0.1, 0.15) is 6.92 Å². The van der Waals surface area contributed by atoms with Crippen molar-refractivity contribution in [2.75, 3.05) is 13.2 Å². The van der Waals surface area contributed by atoms with Crippen molar-refractivity contribution in [2.24, 2.45) is 0 Å². The maximum Gasteiger partial charge on any atom is 1.00 e. The summed E-state index contributed by atoms with van der Waals surface area (Å²) in [4.78, 5) is 0. The summed E-state index contributed by atoms with van der Waals surface area (Å²) in [6.45, 7) is 3.15. The molecule has 0 aliphatic carbocycles. The summed E-state index contributed by atoms with van der Waals surface area (Å²) in [5, 5.41) is 40.1. The maximum atomic E-state index is 10.9. The van der Waals surface area contributed by atoms with Crippen molar-refractivity contribution in [1.29, 1.82) is 0 Å². The van der Waals surface area contributed by atoms with Crippen LogP contribution in [0.25, 0.3) is 5.73 Å². The normalized spacial score (nSPS) is 34.6. The minimum Gasteiger partial charge on any atom is -0.726 e. The Morgan fingerprint density at radius 3 is 1.80 bits per heavy atom. The zero-order valence-electron chi connectivity index (χ0n) is 25.9. The van der Waals surface area contributed by atoms with E-state index < -0.39 is 95.0 Å². The van der Waals surface area contributed by atoms with Gasteiger partial charge in [-0.1, -0.05) is 18.2 Å². The average molecular weight is 748 g/mol. The van der Waals surface area contributed by atoms with Crippen molar-refractivity contribution in [3.05, 3.63) is 31.8 Å². The van der Waals surface area contributed by atoms with Gasteiger partial charge < -0.3 is 63.7 Å². The molecule has 0 aromatic heterocycles. The van der Waals surface area contributed by atoms with Crippen LogP contribution in [0.15, 0.2) is 0 Å². The van der Waals surface area contributed by atoms with E-state index in [4.69, 9.17) is 51.7 Å². The summed E-state index contributed by atoms with van der Waals surface area (Å²) in [5.74, 6) is 0. The van der Waals surface area contributed by atoms with Gasteiger partial charge in [0.25, 0.3) is 0 Å². The topological polar surface area (TPSA) is 304 Å². The molecule has 0 spiro atoms. The minimum atomic E-state index is -5.15. The smallest absolute Gasteiger partial charge is 0.726 e. The first-order valence-electron chi connectivity index (χ1n) is 11.0. The fourth-order valence-electron chi connectivity index (χ4n) is 3.36. The fourth-order valence-corrected chi connectivity index (χ4v) is 3.66. The Bertz CT molecular complexity index is 969. The second-order valence-electron chi connectivity index (χ2n) is 7.97. The molecule has 3 heterocycles. The van der Waals surface area contributed by atoms with Gasteiger partial charge in [-0.05, 0) is 19.1 Å². The van der Waals surface area contributed by atoms with Crippen LogP contribution in [0.3, 0.4) is 0 Å². The molecule has 19 nitrogen and oxygen atoms in total. The third-order valence-electron chi connectivity index (χ3n) is 5.06. The summed E-state index contributed by atoms with van der Waals surface area (Å²) in [6.07, 6.45) is -11.0. The van der Waals surface area contributed by atoms with Crippen molar-refractivity contribution in [2.45, 2.75) is 74.6 Å². The molecule has 232 valence electrons. The average Bonchev–Trinajstić information content (AvgIpc) is 2.80. The van der Waals surface area contributed by atoms with Crippen molar-refractivity contribution >= 4 is 20.8 Å². The number of aliphatic hydroxyl groups excluding tert-OH is 4. The number of rotatable bonds is 9. The van der Waals surface area contributed by atoms with Gasteiger partial charge in [-0.3, -0.25) is 8.74 Å². The Hall–Kier alpha value is 5.30. The van der Waals surface area contributed by atoms with E-state index >= 15 is 0 Å². The molecule has 0 radical (unpaired) electrons.